The van der Waals surface area contributed by atoms with Crippen molar-refractivity contribution in [2.24, 2.45) is 5.73 Å². The van der Waals surface area contributed by atoms with Crippen molar-refractivity contribution in [1.82, 2.24) is 5.32 Å². The van der Waals surface area contributed by atoms with Crippen LogP contribution < -0.4 is 15.8 Å². The fourth-order valence-electron chi connectivity index (χ4n) is 1.57. The Morgan fingerprint density at radius 1 is 1.38 bits per heavy atom. The van der Waals surface area contributed by atoms with Crippen molar-refractivity contribution in [1.29, 1.82) is 0 Å². The van der Waals surface area contributed by atoms with Crippen LogP contribution in [-0.4, -0.2) is 24.2 Å². The van der Waals surface area contributed by atoms with E-state index in [1.54, 1.807) is 6.92 Å². The van der Waals surface area contributed by atoms with Gasteiger partial charge in [-0.25, -0.2) is 0 Å². The molecule has 1 unspecified atom stereocenters. The van der Waals surface area contributed by atoms with Crippen molar-refractivity contribution >= 4 is 11.8 Å². The van der Waals surface area contributed by atoms with Gasteiger partial charge in [-0.2, -0.15) is 0 Å². The molecule has 1 aromatic rings. The van der Waals surface area contributed by atoms with E-state index in [1.165, 1.54) is 12.1 Å². The lowest BCUT2D eigenvalue weighted by molar-refractivity contribution is -0.274. The van der Waals surface area contributed by atoms with E-state index in [9.17, 15) is 22.8 Å². The number of benzene rings is 1. The third-order valence-corrected chi connectivity index (χ3v) is 2.53. The van der Waals surface area contributed by atoms with Crippen molar-refractivity contribution in [3.63, 3.8) is 0 Å². The Kier molecular flexibility index (Phi) is 5.57. The van der Waals surface area contributed by atoms with E-state index in [2.05, 4.69) is 10.1 Å². The summed E-state index contributed by atoms with van der Waals surface area (Å²) in [5.41, 5.74) is 5.02. The van der Waals surface area contributed by atoms with Crippen LogP contribution in [0, 0.1) is 0 Å². The van der Waals surface area contributed by atoms with Crippen LogP contribution >= 0.6 is 0 Å². The van der Waals surface area contributed by atoms with E-state index in [0.29, 0.717) is 6.42 Å². The molecule has 116 valence electrons. The number of alkyl halides is 3. The van der Waals surface area contributed by atoms with Gasteiger partial charge in [-0.3, -0.25) is 9.59 Å². The topological polar surface area (TPSA) is 81.4 Å². The molecule has 1 aromatic carbocycles. The first-order valence-electron chi connectivity index (χ1n) is 6.12. The number of hydrogen-bond acceptors (Lipinski definition) is 3. The minimum atomic E-state index is -4.82. The van der Waals surface area contributed by atoms with E-state index in [4.69, 9.17) is 5.73 Å². The molecule has 8 heteroatoms. The lowest BCUT2D eigenvalue weighted by Crippen LogP contribution is -2.33. The van der Waals surface area contributed by atoms with Crippen LogP contribution in [0.2, 0.25) is 0 Å². The lowest BCUT2D eigenvalue weighted by atomic mass is 10.1. The molecular formula is C13H15F3N2O3. The van der Waals surface area contributed by atoms with Gasteiger partial charge < -0.3 is 15.8 Å². The zero-order valence-electron chi connectivity index (χ0n) is 11.2. The first-order valence-corrected chi connectivity index (χ1v) is 6.12. The quantitative estimate of drug-likeness (QED) is 0.843. The van der Waals surface area contributed by atoms with E-state index in [1.807, 2.05) is 0 Å². The van der Waals surface area contributed by atoms with Gasteiger partial charge in [-0.05, 0) is 31.5 Å². The molecule has 1 rings (SSSR count). The second-order valence-electron chi connectivity index (χ2n) is 4.46. The fraction of sp³-hybridized carbons (Fsp3) is 0.385. The zero-order chi connectivity index (χ0) is 16.0. The van der Waals surface area contributed by atoms with Crippen LogP contribution in [0.25, 0.3) is 0 Å². The molecule has 0 aliphatic heterocycles. The van der Waals surface area contributed by atoms with Gasteiger partial charge in [0.05, 0.1) is 0 Å². The Morgan fingerprint density at radius 3 is 2.62 bits per heavy atom. The van der Waals surface area contributed by atoms with Crippen LogP contribution in [-0.2, 0) is 4.79 Å². The predicted octanol–water partition coefficient (Wildman–Crippen LogP) is 1.97. The first kappa shape index (κ1) is 16.8. The van der Waals surface area contributed by atoms with Crippen molar-refractivity contribution in [3.8, 4) is 5.75 Å². The second kappa shape index (κ2) is 6.96. The van der Waals surface area contributed by atoms with Gasteiger partial charge in [0.1, 0.15) is 5.75 Å². The van der Waals surface area contributed by atoms with Gasteiger partial charge in [0.2, 0.25) is 5.91 Å². The molecule has 0 aliphatic rings. The van der Waals surface area contributed by atoms with Crippen molar-refractivity contribution < 1.29 is 27.5 Å². The number of nitrogens with two attached hydrogens (primary N) is 1. The fourth-order valence-corrected chi connectivity index (χ4v) is 1.57. The summed E-state index contributed by atoms with van der Waals surface area (Å²) in [6.07, 6.45) is -4.36. The maximum Gasteiger partial charge on any atom is 0.573 e. The maximum atomic E-state index is 12.1. The van der Waals surface area contributed by atoms with Crippen LogP contribution in [0.5, 0.6) is 5.75 Å². The zero-order valence-corrected chi connectivity index (χ0v) is 11.2. The van der Waals surface area contributed by atoms with Gasteiger partial charge in [-0.1, -0.05) is 6.07 Å². The normalized spacial score (nSPS) is 12.6. The Hall–Kier alpha value is -2.25. The molecule has 1 atom stereocenters. The van der Waals surface area contributed by atoms with Crippen molar-refractivity contribution in [2.75, 3.05) is 0 Å². The van der Waals surface area contributed by atoms with E-state index in [-0.39, 0.29) is 18.0 Å². The molecule has 0 radical (unpaired) electrons. The summed E-state index contributed by atoms with van der Waals surface area (Å²) in [6, 6.07) is 4.39. The van der Waals surface area contributed by atoms with Gasteiger partial charge >= 0.3 is 6.36 Å². The number of hydrogen-bond donors (Lipinski definition) is 2. The van der Waals surface area contributed by atoms with Gasteiger partial charge in [0.25, 0.3) is 5.91 Å². The SMILES string of the molecule is CC(CCC(N)=O)NC(=O)c1cccc(OC(F)(F)F)c1. The van der Waals surface area contributed by atoms with Crippen LogP contribution in [0.4, 0.5) is 13.2 Å². The lowest BCUT2D eigenvalue weighted by Gasteiger charge is -2.14. The van der Waals surface area contributed by atoms with E-state index in [0.717, 1.165) is 12.1 Å². The minimum Gasteiger partial charge on any atom is -0.406 e. The number of carbonyl (C=O) groups is 2. The number of ether oxygens (including phenoxy) is 1. The highest BCUT2D eigenvalue weighted by Gasteiger charge is 2.31. The summed E-state index contributed by atoms with van der Waals surface area (Å²) >= 11 is 0. The predicted molar refractivity (Wildman–Crippen MR) is 68.5 cm³/mol. The largest absolute Gasteiger partial charge is 0.573 e. The molecule has 0 fully saturated rings. The van der Waals surface area contributed by atoms with Crippen molar-refractivity contribution in [3.05, 3.63) is 29.8 Å². The highest BCUT2D eigenvalue weighted by molar-refractivity contribution is 5.94. The summed E-state index contributed by atoms with van der Waals surface area (Å²) in [5.74, 6) is -1.52. The molecule has 0 bridgehead atoms. The molecule has 0 heterocycles. The second-order valence-corrected chi connectivity index (χ2v) is 4.46. The number of halogens is 3. The van der Waals surface area contributed by atoms with Gasteiger partial charge in [-0.15, -0.1) is 13.2 Å². The highest BCUT2D eigenvalue weighted by atomic mass is 19.4. The average Bonchev–Trinajstić information content (AvgIpc) is 2.34. The van der Waals surface area contributed by atoms with Crippen LogP contribution in [0.15, 0.2) is 24.3 Å². The third-order valence-electron chi connectivity index (χ3n) is 2.53. The monoisotopic (exact) mass is 304 g/mol. The molecule has 5 nitrogen and oxygen atoms in total. The smallest absolute Gasteiger partial charge is 0.406 e. The van der Waals surface area contributed by atoms with Crippen LogP contribution in [0.3, 0.4) is 0 Å². The summed E-state index contributed by atoms with van der Waals surface area (Å²) in [5, 5.41) is 2.56. The molecule has 0 aromatic heterocycles. The number of rotatable bonds is 6. The van der Waals surface area contributed by atoms with Gasteiger partial charge in [0.15, 0.2) is 0 Å². The molecular weight excluding hydrogens is 289 g/mol. The van der Waals surface area contributed by atoms with Crippen molar-refractivity contribution in [2.45, 2.75) is 32.2 Å². The molecule has 2 amide bonds. The maximum absolute atomic E-state index is 12.1. The Bertz CT molecular complexity index is 518. The average molecular weight is 304 g/mol. The molecule has 0 aliphatic carbocycles. The Morgan fingerprint density at radius 2 is 2.05 bits per heavy atom. The standard InChI is InChI=1S/C13H15F3N2O3/c1-8(5-6-11(17)19)18-12(20)9-3-2-4-10(7-9)21-13(14,15)16/h2-4,7-8H,5-6H2,1H3,(H2,17,19)(H,18,20). The summed E-state index contributed by atoms with van der Waals surface area (Å²) in [4.78, 5) is 22.5. The Balaban J connectivity index is 2.66. The minimum absolute atomic E-state index is 0.0303. The molecule has 0 saturated heterocycles. The van der Waals surface area contributed by atoms with Gasteiger partial charge in [0, 0.05) is 18.0 Å². The number of carbonyl (C=O) groups excluding carboxylic acids is 2. The molecule has 0 saturated carbocycles. The number of nitrogens with one attached hydrogen (secondary N) is 1. The highest BCUT2D eigenvalue weighted by Crippen LogP contribution is 2.23. The third kappa shape index (κ3) is 6.64. The number of amides is 2. The summed E-state index contributed by atoms with van der Waals surface area (Å²) < 4.78 is 40.0. The summed E-state index contributed by atoms with van der Waals surface area (Å²) in [6.45, 7) is 1.66. The van der Waals surface area contributed by atoms with E-state index >= 15 is 0 Å². The first-order chi connectivity index (χ1) is 9.67. The number of primary amides is 1. The van der Waals surface area contributed by atoms with Crippen LogP contribution in [0.1, 0.15) is 30.1 Å². The van der Waals surface area contributed by atoms with E-state index < -0.39 is 23.9 Å². The summed E-state index contributed by atoms with van der Waals surface area (Å²) in [7, 11) is 0. The molecule has 0 spiro atoms. The molecule has 3 N–H and O–H groups in total. The molecule has 21 heavy (non-hydrogen) atoms. The Labute approximate surface area is 119 Å².